The SMILES string of the molecule is CC(C)(C(=O)O)C(CC=O)C(=O)O. The van der Waals surface area contributed by atoms with E-state index in [9.17, 15) is 14.4 Å². The number of hydrogen-bond donors (Lipinski definition) is 2. The van der Waals surface area contributed by atoms with Gasteiger partial charge in [-0.2, -0.15) is 0 Å². The molecular formula is C8H12O5. The molecule has 5 nitrogen and oxygen atoms in total. The Bertz CT molecular complexity index is 231. The highest BCUT2D eigenvalue weighted by Crippen LogP contribution is 2.29. The number of aldehydes is 1. The summed E-state index contributed by atoms with van der Waals surface area (Å²) in [7, 11) is 0. The maximum atomic E-state index is 10.7. The molecule has 0 aliphatic rings. The van der Waals surface area contributed by atoms with Gasteiger partial charge in [-0.15, -0.1) is 0 Å². The molecule has 5 heteroatoms. The summed E-state index contributed by atoms with van der Waals surface area (Å²) in [4.78, 5) is 31.4. The van der Waals surface area contributed by atoms with Crippen molar-refractivity contribution in [1.82, 2.24) is 0 Å². The van der Waals surface area contributed by atoms with Gasteiger partial charge < -0.3 is 15.0 Å². The van der Waals surface area contributed by atoms with Crippen LogP contribution in [0.1, 0.15) is 20.3 Å². The lowest BCUT2D eigenvalue weighted by Crippen LogP contribution is -2.37. The molecule has 74 valence electrons. The molecule has 0 radical (unpaired) electrons. The molecule has 0 saturated carbocycles. The molecule has 0 saturated heterocycles. The Kier molecular flexibility index (Phi) is 3.59. The summed E-state index contributed by atoms with van der Waals surface area (Å²) in [6, 6.07) is 0. The quantitative estimate of drug-likeness (QED) is 0.609. The second kappa shape index (κ2) is 4.02. The minimum absolute atomic E-state index is 0.283. The molecule has 0 spiro atoms. The van der Waals surface area contributed by atoms with E-state index in [1.165, 1.54) is 13.8 Å². The number of carbonyl (C=O) groups excluding carboxylic acids is 1. The highest BCUT2D eigenvalue weighted by Gasteiger charge is 2.41. The van der Waals surface area contributed by atoms with Crippen LogP contribution >= 0.6 is 0 Å². The molecular weight excluding hydrogens is 176 g/mol. The summed E-state index contributed by atoms with van der Waals surface area (Å²) in [6.07, 6.45) is 0.137. The van der Waals surface area contributed by atoms with Crippen molar-refractivity contribution in [1.29, 1.82) is 0 Å². The van der Waals surface area contributed by atoms with Gasteiger partial charge in [-0.05, 0) is 13.8 Å². The lowest BCUT2D eigenvalue weighted by molar-refractivity contribution is -0.160. The standard InChI is InChI=1S/C8H12O5/c1-8(2,7(12)13)5(3-4-9)6(10)11/h4-5H,3H2,1-2H3,(H,10,11)(H,12,13). The first-order valence-corrected chi connectivity index (χ1v) is 3.74. The van der Waals surface area contributed by atoms with Crippen LogP contribution in [-0.4, -0.2) is 28.4 Å². The monoisotopic (exact) mass is 188 g/mol. The number of aliphatic carboxylic acids is 2. The van der Waals surface area contributed by atoms with Crippen LogP contribution in [0.5, 0.6) is 0 Å². The average molecular weight is 188 g/mol. The van der Waals surface area contributed by atoms with Crippen molar-refractivity contribution >= 4 is 18.2 Å². The van der Waals surface area contributed by atoms with E-state index in [0.717, 1.165) is 0 Å². The van der Waals surface area contributed by atoms with E-state index in [-0.39, 0.29) is 6.42 Å². The Hall–Kier alpha value is -1.39. The van der Waals surface area contributed by atoms with Gasteiger partial charge in [-0.25, -0.2) is 0 Å². The van der Waals surface area contributed by atoms with Crippen LogP contribution < -0.4 is 0 Å². The van der Waals surface area contributed by atoms with Gasteiger partial charge in [0.1, 0.15) is 6.29 Å². The van der Waals surface area contributed by atoms with Crippen molar-refractivity contribution in [2.75, 3.05) is 0 Å². The molecule has 0 aliphatic heterocycles. The lowest BCUT2D eigenvalue weighted by Gasteiger charge is -2.25. The zero-order chi connectivity index (χ0) is 10.6. The summed E-state index contributed by atoms with van der Waals surface area (Å²) < 4.78 is 0. The van der Waals surface area contributed by atoms with E-state index >= 15 is 0 Å². The first kappa shape index (κ1) is 11.6. The Morgan fingerprint density at radius 3 is 2.08 bits per heavy atom. The molecule has 0 aromatic heterocycles. The van der Waals surface area contributed by atoms with Crippen LogP contribution in [0.25, 0.3) is 0 Å². The van der Waals surface area contributed by atoms with Gasteiger partial charge in [-0.1, -0.05) is 0 Å². The minimum atomic E-state index is -1.42. The number of hydrogen-bond acceptors (Lipinski definition) is 3. The highest BCUT2D eigenvalue weighted by atomic mass is 16.4. The fourth-order valence-corrected chi connectivity index (χ4v) is 0.949. The van der Waals surface area contributed by atoms with E-state index in [1.54, 1.807) is 0 Å². The van der Waals surface area contributed by atoms with Gasteiger partial charge in [0, 0.05) is 6.42 Å². The highest BCUT2D eigenvalue weighted by molar-refractivity contribution is 5.84. The van der Waals surface area contributed by atoms with Crippen LogP contribution in [-0.2, 0) is 14.4 Å². The lowest BCUT2D eigenvalue weighted by atomic mass is 9.77. The van der Waals surface area contributed by atoms with Crippen LogP contribution in [0.15, 0.2) is 0 Å². The minimum Gasteiger partial charge on any atom is -0.481 e. The third kappa shape index (κ3) is 2.54. The maximum absolute atomic E-state index is 10.7. The van der Waals surface area contributed by atoms with Crippen molar-refractivity contribution in [2.24, 2.45) is 11.3 Å². The van der Waals surface area contributed by atoms with E-state index in [0.29, 0.717) is 6.29 Å². The Balaban J connectivity index is 4.81. The summed E-state index contributed by atoms with van der Waals surface area (Å²) in [5, 5.41) is 17.4. The van der Waals surface area contributed by atoms with Crippen LogP contribution in [0, 0.1) is 11.3 Å². The first-order chi connectivity index (χ1) is 5.84. The summed E-state index contributed by atoms with van der Waals surface area (Å²) in [6.45, 7) is 2.58. The zero-order valence-corrected chi connectivity index (χ0v) is 7.48. The molecule has 0 amide bonds. The fraction of sp³-hybridized carbons (Fsp3) is 0.625. The first-order valence-electron chi connectivity index (χ1n) is 3.74. The van der Waals surface area contributed by atoms with E-state index < -0.39 is 23.3 Å². The van der Waals surface area contributed by atoms with Gasteiger partial charge in [0.15, 0.2) is 0 Å². The Morgan fingerprint density at radius 1 is 1.38 bits per heavy atom. The molecule has 0 bridgehead atoms. The second-order valence-corrected chi connectivity index (χ2v) is 3.32. The molecule has 13 heavy (non-hydrogen) atoms. The zero-order valence-electron chi connectivity index (χ0n) is 7.48. The molecule has 1 atom stereocenters. The average Bonchev–Trinajstić information content (AvgIpc) is 1.98. The van der Waals surface area contributed by atoms with E-state index in [1.807, 2.05) is 0 Å². The molecule has 1 unspecified atom stereocenters. The van der Waals surface area contributed by atoms with Gasteiger partial charge in [0.25, 0.3) is 0 Å². The second-order valence-electron chi connectivity index (χ2n) is 3.32. The molecule has 2 N–H and O–H groups in total. The van der Waals surface area contributed by atoms with Crippen LogP contribution in [0.2, 0.25) is 0 Å². The fourth-order valence-electron chi connectivity index (χ4n) is 0.949. The third-order valence-corrected chi connectivity index (χ3v) is 2.05. The predicted octanol–water partition coefficient (Wildman–Crippen LogP) is 0.387. The van der Waals surface area contributed by atoms with Crippen LogP contribution in [0.4, 0.5) is 0 Å². The number of rotatable bonds is 5. The van der Waals surface area contributed by atoms with Gasteiger partial charge in [-0.3, -0.25) is 9.59 Å². The van der Waals surface area contributed by atoms with Crippen molar-refractivity contribution in [2.45, 2.75) is 20.3 Å². The largest absolute Gasteiger partial charge is 0.481 e. The summed E-state index contributed by atoms with van der Waals surface area (Å²) in [5.74, 6) is -3.66. The molecule has 0 heterocycles. The Labute approximate surface area is 75.4 Å². The summed E-state index contributed by atoms with van der Waals surface area (Å²) >= 11 is 0. The predicted molar refractivity (Wildman–Crippen MR) is 43.2 cm³/mol. The van der Waals surface area contributed by atoms with Crippen molar-refractivity contribution in [3.05, 3.63) is 0 Å². The maximum Gasteiger partial charge on any atom is 0.309 e. The summed E-state index contributed by atoms with van der Waals surface area (Å²) in [5.41, 5.74) is -1.42. The smallest absolute Gasteiger partial charge is 0.309 e. The van der Waals surface area contributed by atoms with Gasteiger partial charge in [0.2, 0.25) is 0 Å². The van der Waals surface area contributed by atoms with Crippen molar-refractivity contribution in [3.63, 3.8) is 0 Å². The molecule has 0 aromatic rings. The van der Waals surface area contributed by atoms with E-state index in [4.69, 9.17) is 10.2 Å². The molecule has 0 aliphatic carbocycles. The van der Waals surface area contributed by atoms with Crippen molar-refractivity contribution < 1.29 is 24.6 Å². The number of carbonyl (C=O) groups is 3. The van der Waals surface area contributed by atoms with Crippen molar-refractivity contribution in [3.8, 4) is 0 Å². The van der Waals surface area contributed by atoms with Gasteiger partial charge in [0.05, 0.1) is 11.3 Å². The topological polar surface area (TPSA) is 91.7 Å². The van der Waals surface area contributed by atoms with E-state index in [2.05, 4.69) is 0 Å². The molecule has 0 aromatic carbocycles. The normalized spacial score (nSPS) is 13.4. The third-order valence-electron chi connectivity index (χ3n) is 2.05. The molecule has 0 fully saturated rings. The van der Waals surface area contributed by atoms with Gasteiger partial charge >= 0.3 is 11.9 Å². The Morgan fingerprint density at radius 2 is 1.85 bits per heavy atom. The van der Waals surface area contributed by atoms with Crippen LogP contribution in [0.3, 0.4) is 0 Å². The number of carboxylic acids is 2. The number of carboxylic acid groups (broad SMARTS) is 2. The molecule has 0 rings (SSSR count).